The molecular weight excluding hydrogens is 317 g/mol. The van der Waals surface area contributed by atoms with Crippen molar-refractivity contribution in [3.63, 3.8) is 0 Å². The Balaban J connectivity index is 2.67. The van der Waals surface area contributed by atoms with Crippen LogP contribution in [-0.4, -0.2) is 11.1 Å². The zero-order chi connectivity index (χ0) is 18.1. The third-order valence-corrected chi connectivity index (χ3v) is 3.99. The predicted octanol–water partition coefficient (Wildman–Crippen LogP) is 5.57. The SMILES string of the molecule is CCC(C(=O)O)c1ccc(-c2cc(C)cc(C)c2)c(C(F)(F)F)c1. The minimum absolute atomic E-state index is 0.0679. The van der Waals surface area contributed by atoms with Gasteiger partial charge in [0.25, 0.3) is 0 Å². The number of carbonyl (C=O) groups is 1. The number of carboxylic acid groups (broad SMARTS) is 1. The first-order valence-electron chi connectivity index (χ1n) is 7.66. The maximum Gasteiger partial charge on any atom is 0.417 e. The Kier molecular flexibility index (Phi) is 5.02. The third-order valence-electron chi connectivity index (χ3n) is 3.99. The largest absolute Gasteiger partial charge is 0.481 e. The van der Waals surface area contributed by atoms with Gasteiger partial charge in [0, 0.05) is 0 Å². The molecule has 128 valence electrons. The molecule has 0 aliphatic rings. The van der Waals surface area contributed by atoms with Gasteiger partial charge < -0.3 is 5.11 Å². The highest BCUT2D eigenvalue weighted by Gasteiger charge is 2.35. The first-order valence-corrected chi connectivity index (χ1v) is 7.66. The van der Waals surface area contributed by atoms with Crippen LogP contribution < -0.4 is 0 Å². The number of aryl methyl sites for hydroxylation is 2. The number of carboxylic acids is 1. The molecule has 0 aliphatic carbocycles. The normalized spacial score (nSPS) is 12.9. The van der Waals surface area contributed by atoms with Crippen LogP contribution >= 0.6 is 0 Å². The van der Waals surface area contributed by atoms with Gasteiger partial charge in [-0.3, -0.25) is 4.79 Å². The van der Waals surface area contributed by atoms with Crippen molar-refractivity contribution in [3.05, 3.63) is 58.7 Å². The van der Waals surface area contributed by atoms with Crippen molar-refractivity contribution in [1.29, 1.82) is 0 Å². The summed E-state index contributed by atoms with van der Waals surface area (Å²) in [5.41, 5.74) is 1.67. The molecule has 0 spiro atoms. The highest BCUT2D eigenvalue weighted by Crippen LogP contribution is 2.39. The summed E-state index contributed by atoms with van der Waals surface area (Å²) < 4.78 is 40.6. The summed E-state index contributed by atoms with van der Waals surface area (Å²) in [7, 11) is 0. The summed E-state index contributed by atoms with van der Waals surface area (Å²) >= 11 is 0. The summed E-state index contributed by atoms with van der Waals surface area (Å²) in [6.07, 6.45) is -4.32. The Bertz CT molecular complexity index is 743. The first kappa shape index (κ1) is 18.0. The maximum atomic E-state index is 13.5. The summed E-state index contributed by atoms with van der Waals surface area (Å²) in [5, 5.41) is 9.20. The van der Waals surface area contributed by atoms with Crippen molar-refractivity contribution in [2.24, 2.45) is 0 Å². The molecule has 0 aromatic heterocycles. The van der Waals surface area contributed by atoms with E-state index in [0.717, 1.165) is 17.2 Å². The third kappa shape index (κ3) is 3.78. The smallest absolute Gasteiger partial charge is 0.417 e. The average molecular weight is 336 g/mol. The zero-order valence-corrected chi connectivity index (χ0v) is 13.7. The second-order valence-electron chi connectivity index (χ2n) is 5.98. The van der Waals surface area contributed by atoms with Crippen molar-refractivity contribution in [2.45, 2.75) is 39.3 Å². The lowest BCUT2D eigenvalue weighted by molar-refractivity contribution is -0.140. The maximum absolute atomic E-state index is 13.5. The molecule has 2 aromatic rings. The van der Waals surface area contributed by atoms with Crippen LogP contribution in [0.3, 0.4) is 0 Å². The van der Waals surface area contributed by atoms with Gasteiger partial charge >= 0.3 is 12.1 Å². The minimum Gasteiger partial charge on any atom is -0.481 e. The topological polar surface area (TPSA) is 37.3 Å². The Morgan fingerprint density at radius 3 is 2.12 bits per heavy atom. The number of rotatable bonds is 4. The molecule has 0 amide bonds. The van der Waals surface area contributed by atoms with Crippen LogP contribution in [0, 0.1) is 13.8 Å². The number of benzene rings is 2. The molecule has 2 rings (SSSR count). The molecule has 1 unspecified atom stereocenters. The van der Waals surface area contributed by atoms with Gasteiger partial charge in [0.05, 0.1) is 11.5 Å². The molecule has 2 aromatic carbocycles. The molecule has 2 nitrogen and oxygen atoms in total. The Hall–Kier alpha value is -2.30. The van der Waals surface area contributed by atoms with Crippen LogP contribution in [-0.2, 0) is 11.0 Å². The zero-order valence-electron chi connectivity index (χ0n) is 13.7. The highest BCUT2D eigenvalue weighted by atomic mass is 19.4. The lowest BCUT2D eigenvalue weighted by atomic mass is 9.90. The molecule has 5 heteroatoms. The first-order chi connectivity index (χ1) is 11.1. The Labute approximate surface area is 138 Å². The molecule has 24 heavy (non-hydrogen) atoms. The van der Waals surface area contributed by atoms with Gasteiger partial charge in [0.1, 0.15) is 0 Å². The van der Waals surface area contributed by atoms with E-state index in [1.807, 2.05) is 19.9 Å². The molecule has 0 fully saturated rings. The number of hydrogen-bond acceptors (Lipinski definition) is 1. The van der Waals surface area contributed by atoms with Crippen molar-refractivity contribution in [1.82, 2.24) is 0 Å². The van der Waals surface area contributed by atoms with Gasteiger partial charge in [0.2, 0.25) is 0 Å². The molecular formula is C19H19F3O2. The van der Waals surface area contributed by atoms with Gasteiger partial charge in [-0.1, -0.05) is 48.4 Å². The number of halogens is 3. The van der Waals surface area contributed by atoms with E-state index in [0.29, 0.717) is 5.56 Å². The van der Waals surface area contributed by atoms with E-state index in [9.17, 15) is 23.1 Å². The summed E-state index contributed by atoms with van der Waals surface area (Å²) in [6, 6.07) is 9.11. The van der Waals surface area contributed by atoms with Crippen LogP contribution in [0.25, 0.3) is 11.1 Å². The van der Waals surface area contributed by atoms with Crippen molar-refractivity contribution in [3.8, 4) is 11.1 Å². The van der Waals surface area contributed by atoms with E-state index in [4.69, 9.17) is 0 Å². The van der Waals surface area contributed by atoms with Gasteiger partial charge in [-0.2, -0.15) is 13.2 Å². The van der Waals surface area contributed by atoms with Crippen LogP contribution in [0.4, 0.5) is 13.2 Å². The monoisotopic (exact) mass is 336 g/mol. The summed E-state index contributed by atoms with van der Waals surface area (Å²) in [4.78, 5) is 11.3. The van der Waals surface area contributed by atoms with Crippen molar-refractivity contribution < 1.29 is 23.1 Å². The Morgan fingerprint density at radius 2 is 1.67 bits per heavy atom. The van der Waals surface area contributed by atoms with Gasteiger partial charge in [-0.15, -0.1) is 0 Å². The van der Waals surface area contributed by atoms with E-state index in [1.165, 1.54) is 12.1 Å². The highest BCUT2D eigenvalue weighted by molar-refractivity contribution is 5.77. The van der Waals surface area contributed by atoms with Gasteiger partial charge in [0.15, 0.2) is 0 Å². The van der Waals surface area contributed by atoms with E-state index < -0.39 is 23.6 Å². The number of hydrogen-bond donors (Lipinski definition) is 1. The molecule has 0 aliphatic heterocycles. The lowest BCUT2D eigenvalue weighted by Crippen LogP contribution is -2.13. The molecule has 0 heterocycles. The second kappa shape index (κ2) is 6.67. The molecule has 0 saturated heterocycles. The standard InChI is InChI=1S/C19H19F3O2/c1-4-15(18(23)24)13-5-6-16(17(10-13)19(20,21)22)14-8-11(2)7-12(3)9-14/h5-10,15H,4H2,1-3H3,(H,23,24). The van der Waals surface area contributed by atoms with Gasteiger partial charge in [-0.25, -0.2) is 0 Å². The number of aliphatic carboxylic acids is 1. The fraction of sp³-hybridized carbons (Fsp3) is 0.316. The van der Waals surface area contributed by atoms with Crippen molar-refractivity contribution >= 4 is 5.97 Å². The molecule has 0 saturated carbocycles. The summed E-state index contributed by atoms with van der Waals surface area (Å²) in [6.45, 7) is 5.30. The Morgan fingerprint density at radius 1 is 1.08 bits per heavy atom. The van der Waals surface area contributed by atoms with Crippen molar-refractivity contribution in [2.75, 3.05) is 0 Å². The molecule has 1 N–H and O–H groups in total. The quantitative estimate of drug-likeness (QED) is 0.793. The van der Waals surface area contributed by atoms with Crippen LogP contribution in [0.1, 0.15) is 41.5 Å². The fourth-order valence-corrected chi connectivity index (χ4v) is 2.95. The fourth-order valence-electron chi connectivity index (χ4n) is 2.95. The van der Waals surface area contributed by atoms with Gasteiger partial charge in [-0.05, 0) is 43.0 Å². The second-order valence-corrected chi connectivity index (χ2v) is 5.98. The lowest BCUT2D eigenvalue weighted by Gasteiger charge is -2.18. The average Bonchev–Trinajstić information content (AvgIpc) is 2.45. The molecule has 1 atom stereocenters. The minimum atomic E-state index is -4.56. The van der Waals surface area contributed by atoms with E-state index in [1.54, 1.807) is 19.1 Å². The van der Waals surface area contributed by atoms with Crippen LogP contribution in [0.15, 0.2) is 36.4 Å². The van der Waals surface area contributed by atoms with E-state index in [-0.39, 0.29) is 17.5 Å². The van der Waals surface area contributed by atoms with Crippen LogP contribution in [0.5, 0.6) is 0 Å². The summed E-state index contributed by atoms with van der Waals surface area (Å²) in [5.74, 6) is -2.07. The van der Waals surface area contributed by atoms with E-state index in [2.05, 4.69) is 0 Å². The number of alkyl halides is 3. The molecule has 0 radical (unpaired) electrons. The molecule has 0 bridgehead atoms. The van der Waals surface area contributed by atoms with E-state index >= 15 is 0 Å². The predicted molar refractivity (Wildman–Crippen MR) is 87.0 cm³/mol. The van der Waals surface area contributed by atoms with Crippen LogP contribution in [0.2, 0.25) is 0 Å².